The highest BCUT2D eigenvalue weighted by Crippen LogP contribution is 2.17. The Kier molecular flexibility index (Phi) is 5.95. The minimum Gasteiger partial charge on any atom is -0.347 e. The molecule has 0 aliphatic heterocycles. The van der Waals surface area contributed by atoms with Crippen LogP contribution < -0.4 is 5.32 Å². The van der Waals surface area contributed by atoms with Crippen molar-refractivity contribution in [1.82, 2.24) is 10.2 Å². The van der Waals surface area contributed by atoms with Crippen molar-refractivity contribution in [3.05, 3.63) is 34.1 Å². The maximum atomic E-state index is 13.0. The molecule has 2 amide bonds. The van der Waals surface area contributed by atoms with E-state index in [4.69, 9.17) is 0 Å². The third-order valence-electron chi connectivity index (χ3n) is 2.69. The average molecular weight is 331 g/mol. The third-order valence-corrected chi connectivity index (χ3v) is 3.29. The molecule has 0 fully saturated rings. The van der Waals surface area contributed by atoms with Crippen LogP contribution in [0, 0.1) is 5.82 Å². The number of carbonyl (C=O) groups excluding carboxylic acids is 2. The van der Waals surface area contributed by atoms with Gasteiger partial charge in [0.2, 0.25) is 11.8 Å². The van der Waals surface area contributed by atoms with Crippen molar-refractivity contribution in [2.45, 2.75) is 13.3 Å². The number of hydrogen-bond donors (Lipinski definition) is 1. The Labute approximate surface area is 120 Å². The largest absolute Gasteiger partial charge is 0.347 e. The first-order chi connectivity index (χ1) is 8.93. The van der Waals surface area contributed by atoms with Gasteiger partial charge in [-0.15, -0.1) is 0 Å². The highest BCUT2D eigenvalue weighted by molar-refractivity contribution is 9.10. The van der Waals surface area contributed by atoms with E-state index in [1.807, 2.05) is 6.92 Å². The molecule has 19 heavy (non-hydrogen) atoms. The van der Waals surface area contributed by atoms with E-state index in [1.165, 1.54) is 11.0 Å². The molecular formula is C13H16BrFN2O2. The van der Waals surface area contributed by atoms with Gasteiger partial charge >= 0.3 is 0 Å². The number of nitrogens with one attached hydrogen (secondary N) is 1. The van der Waals surface area contributed by atoms with Crippen LogP contribution >= 0.6 is 15.9 Å². The number of likely N-dealkylation sites (N-methyl/N-ethyl adjacent to an activating group) is 1. The van der Waals surface area contributed by atoms with Gasteiger partial charge in [0.15, 0.2) is 0 Å². The minimum absolute atomic E-state index is 0.0223. The van der Waals surface area contributed by atoms with Crippen LogP contribution in [0.2, 0.25) is 0 Å². The molecule has 1 rings (SSSR count). The maximum absolute atomic E-state index is 13.0. The fourth-order valence-electron chi connectivity index (χ4n) is 1.38. The zero-order valence-electron chi connectivity index (χ0n) is 10.9. The molecule has 1 aromatic rings. The van der Waals surface area contributed by atoms with Gasteiger partial charge in [0.1, 0.15) is 5.82 Å². The van der Waals surface area contributed by atoms with E-state index < -0.39 is 0 Å². The van der Waals surface area contributed by atoms with Gasteiger partial charge in [0.25, 0.3) is 0 Å². The Balaban J connectivity index is 2.47. The van der Waals surface area contributed by atoms with E-state index in [1.54, 1.807) is 19.2 Å². The van der Waals surface area contributed by atoms with Gasteiger partial charge in [0.05, 0.1) is 17.4 Å². The van der Waals surface area contributed by atoms with Crippen molar-refractivity contribution in [1.29, 1.82) is 0 Å². The first kappa shape index (κ1) is 15.6. The van der Waals surface area contributed by atoms with Crippen molar-refractivity contribution in [3.63, 3.8) is 0 Å². The van der Waals surface area contributed by atoms with Crippen LogP contribution in [0.4, 0.5) is 4.39 Å². The van der Waals surface area contributed by atoms with Crippen LogP contribution in [0.3, 0.4) is 0 Å². The van der Waals surface area contributed by atoms with Gasteiger partial charge in [-0.05, 0) is 40.5 Å². The van der Waals surface area contributed by atoms with Gasteiger partial charge < -0.3 is 10.2 Å². The summed E-state index contributed by atoms with van der Waals surface area (Å²) < 4.78 is 13.3. The number of hydrogen-bond acceptors (Lipinski definition) is 2. The molecular weight excluding hydrogens is 315 g/mol. The van der Waals surface area contributed by atoms with E-state index in [9.17, 15) is 14.0 Å². The summed E-state index contributed by atoms with van der Waals surface area (Å²) in [6, 6.07) is 4.39. The highest BCUT2D eigenvalue weighted by Gasteiger charge is 2.10. The monoisotopic (exact) mass is 330 g/mol. The Bertz CT molecular complexity index is 480. The smallest absolute Gasteiger partial charge is 0.241 e. The van der Waals surface area contributed by atoms with Crippen LogP contribution in [-0.4, -0.2) is 36.9 Å². The Morgan fingerprint density at radius 3 is 2.68 bits per heavy atom. The van der Waals surface area contributed by atoms with E-state index >= 15 is 0 Å². The quantitative estimate of drug-likeness (QED) is 0.893. The second-order valence-corrected chi connectivity index (χ2v) is 4.96. The predicted molar refractivity (Wildman–Crippen MR) is 74.1 cm³/mol. The number of carbonyl (C=O) groups is 2. The summed E-state index contributed by atoms with van der Waals surface area (Å²) in [5.41, 5.74) is 0.682. The molecule has 0 heterocycles. The maximum Gasteiger partial charge on any atom is 0.241 e. The molecule has 1 aromatic carbocycles. The number of benzene rings is 1. The molecule has 104 valence electrons. The molecule has 0 saturated heterocycles. The molecule has 0 aliphatic rings. The van der Waals surface area contributed by atoms with Gasteiger partial charge in [-0.25, -0.2) is 4.39 Å². The summed E-state index contributed by atoms with van der Waals surface area (Å²) in [5, 5.41) is 2.54. The van der Waals surface area contributed by atoms with Crippen LogP contribution in [0.15, 0.2) is 22.7 Å². The average Bonchev–Trinajstić information content (AvgIpc) is 2.39. The lowest BCUT2D eigenvalue weighted by molar-refractivity contribution is -0.131. The molecule has 6 heteroatoms. The fraction of sp³-hybridized carbons (Fsp3) is 0.385. The lowest BCUT2D eigenvalue weighted by Gasteiger charge is -2.14. The zero-order chi connectivity index (χ0) is 14.4. The molecule has 0 aromatic heterocycles. The topological polar surface area (TPSA) is 49.4 Å². The summed E-state index contributed by atoms with van der Waals surface area (Å²) in [4.78, 5) is 24.6. The van der Waals surface area contributed by atoms with Crippen molar-refractivity contribution in [2.75, 3.05) is 20.1 Å². The van der Waals surface area contributed by atoms with E-state index in [-0.39, 0.29) is 30.6 Å². The number of amides is 2. The second kappa shape index (κ2) is 7.23. The van der Waals surface area contributed by atoms with Crippen molar-refractivity contribution in [3.8, 4) is 0 Å². The number of halogens is 2. The first-order valence-electron chi connectivity index (χ1n) is 5.88. The standard InChI is InChI=1S/C13H16BrFN2O2/c1-3-17(2)13(19)8-16-12(18)7-9-4-5-11(15)10(14)6-9/h4-6H,3,7-8H2,1-2H3,(H,16,18). The minimum atomic E-state index is -0.371. The molecule has 0 atom stereocenters. The Morgan fingerprint density at radius 2 is 2.11 bits per heavy atom. The lowest BCUT2D eigenvalue weighted by atomic mass is 10.1. The number of rotatable bonds is 5. The molecule has 0 bridgehead atoms. The summed E-state index contributed by atoms with van der Waals surface area (Å²) in [5.74, 6) is -0.781. The second-order valence-electron chi connectivity index (χ2n) is 4.11. The van der Waals surface area contributed by atoms with Crippen LogP contribution in [0.1, 0.15) is 12.5 Å². The molecule has 0 spiro atoms. The van der Waals surface area contributed by atoms with Crippen LogP contribution in [0.25, 0.3) is 0 Å². The first-order valence-corrected chi connectivity index (χ1v) is 6.68. The Morgan fingerprint density at radius 1 is 1.42 bits per heavy atom. The predicted octanol–water partition coefficient (Wildman–Crippen LogP) is 1.73. The normalized spacial score (nSPS) is 10.1. The third kappa shape index (κ3) is 4.98. The summed E-state index contributed by atoms with van der Waals surface area (Å²) >= 11 is 3.06. The fourth-order valence-corrected chi connectivity index (χ4v) is 1.81. The summed E-state index contributed by atoms with van der Waals surface area (Å²) in [6.07, 6.45) is 0.113. The molecule has 0 unspecified atom stereocenters. The highest BCUT2D eigenvalue weighted by atomic mass is 79.9. The van der Waals surface area contributed by atoms with Crippen molar-refractivity contribution in [2.24, 2.45) is 0 Å². The van der Waals surface area contributed by atoms with E-state index in [0.717, 1.165) is 0 Å². The lowest BCUT2D eigenvalue weighted by Crippen LogP contribution is -2.38. The summed E-state index contributed by atoms with van der Waals surface area (Å²) in [7, 11) is 1.67. The van der Waals surface area contributed by atoms with Gasteiger partial charge in [-0.2, -0.15) is 0 Å². The van der Waals surface area contributed by atoms with E-state index in [2.05, 4.69) is 21.2 Å². The molecule has 1 N–H and O–H groups in total. The van der Waals surface area contributed by atoms with Gasteiger partial charge in [-0.1, -0.05) is 6.07 Å². The SMILES string of the molecule is CCN(C)C(=O)CNC(=O)Cc1ccc(F)c(Br)c1. The molecule has 0 saturated carbocycles. The van der Waals surface area contributed by atoms with Gasteiger partial charge in [0, 0.05) is 13.6 Å². The summed E-state index contributed by atoms with van der Waals surface area (Å²) in [6.45, 7) is 2.43. The van der Waals surface area contributed by atoms with Crippen LogP contribution in [0.5, 0.6) is 0 Å². The molecule has 0 aliphatic carbocycles. The van der Waals surface area contributed by atoms with Gasteiger partial charge in [-0.3, -0.25) is 9.59 Å². The van der Waals surface area contributed by atoms with E-state index in [0.29, 0.717) is 16.6 Å². The van der Waals surface area contributed by atoms with Crippen LogP contribution in [-0.2, 0) is 16.0 Å². The zero-order valence-corrected chi connectivity index (χ0v) is 12.5. The molecule has 4 nitrogen and oxygen atoms in total. The van der Waals surface area contributed by atoms with Crippen molar-refractivity contribution < 1.29 is 14.0 Å². The Hall–Kier alpha value is -1.43. The number of nitrogens with zero attached hydrogens (tertiary/aromatic N) is 1. The molecule has 0 radical (unpaired) electrons. The van der Waals surface area contributed by atoms with Crippen molar-refractivity contribution >= 4 is 27.7 Å².